The Kier molecular flexibility index (Phi) is 4.01. The number of nitrogens with one attached hydrogen (secondary N) is 1. The molecule has 2 aromatic rings. The number of rotatable bonds is 5. The van der Waals surface area contributed by atoms with Gasteiger partial charge in [0, 0.05) is 23.9 Å². The number of aromatic nitrogens is 1. The molecule has 0 saturated carbocycles. The van der Waals surface area contributed by atoms with Crippen LogP contribution in [0.4, 0.5) is 0 Å². The van der Waals surface area contributed by atoms with Gasteiger partial charge in [-0.25, -0.2) is 8.42 Å². The van der Waals surface area contributed by atoms with Gasteiger partial charge in [0.1, 0.15) is 0 Å². The van der Waals surface area contributed by atoms with Gasteiger partial charge in [-0.3, -0.25) is 0 Å². The number of benzene rings is 1. The second-order valence-electron chi connectivity index (χ2n) is 4.26. The molecule has 0 aliphatic carbocycles. The second kappa shape index (κ2) is 5.54. The highest BCUT2D eigenvalue weighted by Gasteiger charge is 2.12. The lowest BCUT2D eigenvalue weighted by Crippen LogP contribution is -2.11. The van der Waals surface area contributed by atoms with Crippen molar-refractivity contribution in [3.8, 4) is 11.3 Å². The number of sulfone groups is 1. The van der Waals surface area contributed by atoms with E-state index < -0.39 is 9.84 Å². The van der Waals surface area contributed by atoms with Crippen molar-refractivity contribution in [3.63, 3.8) is 0 Å². The fraction of sp³-hybridized carbons (Fsp3) is 0.308. The molecule has 0 aliphatic rings. The van der Waals surface area contributed by atoms with E-state index in [1.165, 1.54) is 6.26 Å². The molecule has 0 bridgehead atoms. The highest BCUT2D eigenvalue weighted by molar-refractivity contribution is 7.90. The van der Waals surface area contributed by atoms with E-state index >= 15 is 0 Å². The molecule has 0 radical (unpaired) electrons. The lowest BCUT2D eigenvalue weighted by atomic mass is 10.1. The minimum absolute atomic E-state index is 0.295. The van der Waals surface area contributed by atoms with E-state index in [4.69, 9.17) is 4.52 Å². The minimum atomic E-state index is -3.17. The molecule has 1 aromatic heterocycles. The van der Waals surface area contributed by atoms with Gasteiger partial charge in [0.15, 0.2) is 15.6 Å². The van der Waals surface area contributed by atoms with Gasteiger partial charge >= 0.3 is 0 Å². The molecule has 5 nitrogen and oxygen atoms in total. The first-order chi connectivity index (χ1) is 9.02. The van der Waals surface area contributed by atoms with Gasteiger partial charge in [-0.2, -0.15) is 0 Å². The number of hydrogen-bond acceptors (Lipinski definition) is 5. The van der Waals surface area contributed by atoms with Crippen molar-refractivity contribution in [1.29, 1.82) is 0 Å². The van der Waals surface area contributed by atoms with Crippen LogP contribution in [0, 0.1) is 0 Å². The molecule has 1 aromatic carbocycles. The molecular formula is C13H16N2O3S. The third-order valence-corrected chi connectivity index (χ3v) is 3.88. The summed E-state index contributed by atoms with van der Waals surface area (Å²) < 4.78 is 28.0. The van der Waals surface area contributed by atoms with E-state index in [0.717, 1.165) is 17.7 Å². The predicted octanol–water partition coefficient (Wildman–Crippen LogP) is 1.85. The van der Waals surface area contributed by atoms with Gasteiger partial charge in [-0.05, 0) is 30.8 Å². The van der Waals surface area contributed by atoms with Crippen LogP contribution in [-0.4, -0.2) is 26.4 Å². The van der Waals surface area contributed by atoms with Crippen LogP contribution in [0.3, 0.4) is 0 Å². The average molecular weight is 280 g/mol. The van der Waals surface area contributed by atoms with E-state index in [1.54, 1.807) is 30.5 Å². The fourth-order valence-electron chi connectivity index (χ4n) is 1.74. The average Bonchev–Trinajstić information content (AvgIpc) is 2.83. The molecule has 19 heavy (non-hydrogen) atoms. The molecule has 0 spiro atoms. The summed E-state index contributed by atoms with van der Waals surface area (Å²) in [6, 6.07) is 6.60. The third-order valence-electron chi connectivity index (χ3n) is 2.75. The Hall–Kier alpha value is -1.66. The summed E-state index contributed by atoms with van der Waals surface area (Å²) in [4.78, 5) is 0.295. The van der Waals surface area contributed by atoms with E-state index in [9.17, 15) is 8.42 Å². The lowest BCUT2D eigenvalue weighted by molar-refractivity contribution is 0.431. The van der Waals surface area contributed by atoms with Crippen molar-refractivity contribution in [3.05, 3.63) is 36.0 Å². The topological polar surface area (TPSA) is 72.2 Å². The zero-order chi connectivity index (χ0) is 13.9. The van der Waals surface area contributed by atoms with E-state index in [1.807, 2.05) is 6.92 Å². The molecule has 102 valence electrons. The van der Waals surface area contributed by atoms with Gasteiger partial charge < -0.3 is 9.84 Å². The molecule has 1 heterocycles. The monoisotopic (exact) mass is 280 g/mol. The van der Waals surface area contributed by atoms with Crippen LogP contribution in [0.5, 0.6) is 0 Å². The van der Waals surface area contributed by atoms with Crippen LogP contribution < -0.4 is 5.32 Å². The molecule has 0 aliphatic heterocycles. The van der Waals surface area contributed by atoms with E-state index in [2.05, 4.69) is 10.5 Å². The fourth-order valence-corrected chi connectivity index (χ4v) is 2.37. The summed E-state index contributed by atoms with van der Waals surface area (Å²) in [5.74, 6) is 0.668. The maximum absolute atomic E-state index is 11.4. The van der Waals surface area contributed by atoms with E-state index in [-0.39, 0.29) is 0 Å². The van der Waals surface area contributed by atoms with Crippen LogP contribution >= 0.6 is 0 Å². The minimum Gasteiger partial charge on any atom is -0.356 e. The summed E-state index contributed by atoms with van der Waals surface area (Å²) in [5, 5.41) is 6.99. The molecule has 0 saturated heterocycles. The SMILES string of the molecule is CCNCc1cnoc1-c1ccc(S(C)(=O)=O)cc1. The molecule has 0 fully saturated rings. The summed E-state index contributed by atoms with van der Waals surface area (Å²) in [6.07, 6.45) is 2.86. The molecule has 0 unspecified atom stereocenters. The molecule has 2 rings (SSSR count). The predicted molar refractivity (Wildman–Crippen MR) is 72.4 cm³/mol. The third kappa shape index (κ3) is 3.21. The Morgan fingerprint density at radius 1 is 1.26 bits per heavy atom. The van der Waals surface area contributed by atoms with Crippen molar-refractivity contribution in [2.45, 2.75) is 18.4 Å². The van der Waals surface area contributed by atoms with Gasteiger partial charge in [0.25, 0.3) is 0 Å². The van der Waals surface area contributed by atoms with E-state index in [0.29, 0.717) is 17.2 Å². The Labute approximate surface area is 112 Å². The zero-order valence-electron chi connectivity index (χ0n) is 10.9. The molecule has 6 heteroatoms. The molecule has 1 N–H and O–H groups in total. The Balaban J connectivity index is 2.30. The normalized spacial score (nSPS) is 11.7. The maximum Gasteiger partial charge on any atom is 0.175 e. The first-order valence-electron chi connectivity index (χ1n) is 5.97. The Morgan fingerprint density at radius 3 is 2.53 bits per heavy atom. The van der Waals surface area contributed by atoms with Gasteiger partial charge in [-0.15, -0.1) is 0 Å². The van der Waals surface area contributed by atoms with Crippen LogP contribution in [0.15, 0.2) is 39.9 Å². The Bertz CT molecular complexity index is 645. The van der Waals surface area contributed by atoms with Crippen LogP contribution in [0.1, 0.15) is 12.5 Å². The van der Waals surface area contributed by atoms with Crippen molar-refractivity contribution in [2.24, 2.45) is 0 Å². The van der Waals surface area contributed by atoms with Crippen LogP contribution in [-0.2, 0) is 16.4 Å². The number of hydrogen-bond donors (Lipinski definition) is 1. The maximum atomic E-state index is 11.4. The van der Waals surface area contributed by atoms with Crippen LogP contribution in [0.25, 0.3) is 11.3 Å². The highest BCUT2D eigenvalue weighted by atomic mass is 32.2. The molecule has 0 atom stereocenters. The Morgan fingerprint density at radius 2 is 1.95 bits per heavy atom. The first-order valence-corrected chi connectivity index (χ1v) is 7.86. The van der Waals surface area contributed by atoms with Gasteiger partial charge in [0.05, 0.1) is 11.1 Å². The number of nitrogens with zero attached hydrogens (tertiary/aromatic N) is 1. The quantitative estimate of drug-likeness (QED) is 0.905. The highest BCUT2D eigenvalue weighted by Crippen LogP contribution is 2.24. The second-order valence-corrected chi connectivity index (χ2v) is 6.27. The van der Waals surface area contributed by atoms with Gasteiger partial charge in [0.2, 0.25) is 0 Å². The summed E-state index contributed by atoms with van der Waals surface area (Å²) in [6.45, 7) is 3.55. The lowest BCUT2D eigenvalue weighted by Gasteiger charge is -2.03. The van der Waals surface area contributed by atoms with Crippen molar-refractivity contribution in [1.82, 2.24) is 10.5 Å². The smallest absolute Gasteiger partial charge is 0.175 e. The van der Waals surface area contributed by atoms with Crippen LogP contribution in [0.2, 0.25) is 0 Å². The summed E-state index contributed by atoms with van der Waals surface area (Å²) >= 11 is 0. The largest absolute Gasteiger partial charge is 0.356 e. The zero-order valence-corrected chi connectivity index (χ0v) is 11.7. The van der Waals surface area contributed by atoms with Crippen molar-refractivity contribution < 1.29 is 12.9 Å². The first kappa shape index (κ1) is 13.8. The summed E-state index contributed by atoms with van der Waals surface area (Å²) in [7, 11) is -3.17. The molecule has 0 amide bonds. The van der Waals surface area contributed by atoms with Crippen molar-refractivity contribution >= 4 is 9.84 Å². The van der Waals surface area contributed by atoms with Crippen molar-refractivity contribution in [2.75, 3.05) is 12.8 Å². The standard InChI is InChI=1S/C13H16N2O3S/c1-3-14-8-11-9-15-18-13(11)10-4-6-12(7-5-10)19(2,16)17/h4-7,9,14H,3,8H2,1-2H3. The summed E-state index contributed by atoms with van der Waals surface area (Å²) in [5.41, 5.74) is 1.77. The molecular weight excluding hydrogens is 264 g/mol. The van der Waals surface area contributed by atoms with Gasteiger partial charge in [-0.1, -0.05) is 12.1 Å².